The summed E-state index contributed by atoms with van der Waals surface area (Å²) in [4.78, 5) is 43.1. The molecule has 8 nitrogen and oxygen atoms in total. The number of rotatable bonds is 4. The molecule has 3 N–H and O–H groups in total. The summed E-state index contributed by atoms with van der Waals surface area (Å²) in [7, 11) is -11.0. The minimum Gasteiger partial charge on any atom is -0.809 e. The van der Waals surface area contributed by atoms with Gasteiger partial charge in [0.05, 0.1) is 5.52 Å². The average Bonchev–Trinajstić information content (AvgIpc) is 2.38. The fourth-order valence-electron chi connectivity index (χ4n) is 2.01. The van der Waals surface area contributed by atoms with Crippen molar-refractivity contribution in [3.63, 3.8) is 0 Å². The zero-order chi connectivity index (χ0) is 13.1. The smallest absolute Gasteiger partial charge is 0.809 e. The van der Waals surface area contributed by atoms with Gasteiger partial charge >= 0.3 is 118 Å². The Hall–Kier alpha value is 4.22. The van der Waals surface area contributed by atoms with Crippen LogP contribution >= 0.6 is 15.2 Å². The van der Waals surface area contributed by atoms with E-state index in [-0.39, 0.29) is 124 Å². The van der Waals surface area contributed by atoms with Gasteiger partial charge in [0, 0.05) is 6.04 Å². The number of nitrogens with one attached hydrogen (secondary N) is 1. The van der Waals surface area contributed by atoms with Crippen LogP contribution in [0.3, 0.4) is 0 Å². The van der Waals surface area contributed by atoms with E-state index in [2.05, 4.69) is 5.32 Å². The Morgan fingerprint density at radius 1 is 0.773 bits per heavy atom. The van der Waals surface area contributed by atoms with E-state index in [1.165, 1.54) is 0 Å². The third kappa shape index (κ3) is 15.3. The molecule has 0 aliphatic heterocycles. The predicted octanol–water partition coefficient (Wildman–Crippen LogP) is -14.4. The van der Waals surface area contributed by atoms with Crippen LogP contribution in [0, 0.1) is 0 Å². The first-order chi connectivity index (χ1) is 7.71. The molecule has 0 spiro atoms. The van der Waals surface area contributed by atoms with Crippen LogP contribution in [0.5, 0.6) is 0 Å². The second-order valence-electron chi connectivity index (χ2n) is 4.31. The molecular formula is C8H17NNa4O7P2. The van der Waals surface area contributed by atoms with Gasteiger partial charge in [-0.2, -0.15) is 0 Å². The minimum absolute atomic E-state index is 0. The zero-order valence-electron chi connectivity index (χ0n) is 13.7. The summed E-state index contributed by atoms with van der Waals surface area (Å²) in [6, 6.07) is -0.394. The van der Waals surface area contributed by atoms with Gasteiger partial charge in [-0.15, -0.1) is 0 Å². The van der Waals surface area contributed by atoms with Gasteiger partial charge in [-0.05, 0) is 28.0 Å². The molecule has 22 heavy (non-hydrogen) atoms. The van der Waals surface area contributed by atoms with Gasteiger partial charge in [0.25, 0.3) is 0 Å². The van der Waals surface area contributed by atoms with Crippen molar-refractivity contribution in [3.05, 3.63) is 0 Å². The Balaban J connectivity index is -0.000000193. The minimum atomic E-state index is -5.48. The molecule has 0 aromatic rings. The normalized spacial score (nSPS) is 15.9. The summed E-state index contributed by atoms with van der Waals surface area (Å²) in [5.74, 6) is 0. The van der Waals surface area contributed by atoms with Gasteiger partial charge < -0.3 is 39.5 Å². The van der Waals surface area contributed by atoms with Crippen molar-refractivity contribution >= 4 is 15.2 Å². The van der Waals surface area contributed by atoms with Crippen molar-refractivity contribution in [1.29, 1.82) is 0 Å². The quantitative estimate of drug-likeness (QED) is 0.281. The molecule has 1 aliphatic rings. The summed E-state index contributed by atoms with van der Waals surface area (Å²) in [6.07, 6.45) is 4.79. The van der Waals surface area contributed by atoms with E-state index in [0.29, 0.717) is 12.8 Å². The second kappa shape index (κ2) is 17.3. The molecule has 1 saturated carbocycles. The molecule has 110 valence electrons. The van der Waals surface area contributed by atoms with Gasteiger partial charge in [-0.25, -0.2) is 0 Å². The molecular weight excluding hydrogens is 376 g/mol. The van der Waals surface area contributed by atoms with Crippen molar-refractivity contribution in [2.24, 2.45) is 0 Å². The Morgan fingerprint density at radius 2 is 1.09 bits per heavy atom. The van der Waals surface area contributed by atoms with Gasteiger partial charge in [-0.1, -0.05) is 25.7 Å². The van der Waals surface area contributed by atoms with Gasteiger partial charge in [0.2, 0.25) is 0 Å². The maximum Gasteiger partial charge on any atom is 1.00 e. The molecule has 0 atom stereocenters. The molecule has 0 aromatic carbocycles. The third-order valence-electron chi connectivity index (χ3n) is 2.84. The SMILES string of the molecule is O.O=P([O-])([O-])C(NC1CCCCCC1)P(=O)([O-])[O-].[Na+].[Na+].[Na+].[Na+]. The molecule has 0 aromatic heterocycles. The van der Waals surface area contributed by atoms with Crippen LogP contribution in [0.2, 0.25) is 0 Å². The van der Waals surface area contributed by atoms with Crippen LogP contribution in [-0.4, -0.2) is 17.0 Å². The van der Waals surface area contributed by atoms with E-state index in [1.54, 1.807) is 0 Å². The van der Waals surface area contributed by atoms with Crippen LogP contribution in [0.1, 0.15) is 38.5 Å². The first-order valence-electron chi connectivity index (χ1n) is 5.51. The van der Waals surface area contributed by atoms with Crippen LogP contribution in [0.4, 0.5) is 0 Å². The molecule has 0 saturated heterocycles. The molecule has 14 heteroatoms. The van der Waals surface area contributed by atoms with Crippen molar-refractivity contribution in [1.82, 2.24) is 5.32 Å². The van der Waals surface area contributed by atoms with Crippen LogP contribution in [-0.2, 0) is 9.13 Å². The van der Waals surface area contributed by atoms with Crippen LogP contribution < -0.4 is 143 Å². The third-order valence-corrected chi connectivity index (χ3v) is 6.03. The molecule has 1 rings (SSSR count). The summed E-state index contributed by atoms with van der Waals surface area (Å²) in [5.41, 5.74) is -2.52. The van der Waals surface area contributed by atoms with E-state index in [0.717, 1.165) is 25.7 Å². The molecule has 1 fully saturated rings. The summed E-state index contributed by atoms with van der Waals surface area (Å²) in [5, 5.41) is 2.20. The van der Waals surface area contributed by atoms with E-state index in [1.807, 2.05) is 0 Å². The fourth-order valence-corrected chi connectivity index (χ4v) is 4.19. The molecule has 0 amide bonds. The van der Waals surface area contributed by atoms with Crippen molar-refractivity contribution in [2.45, 2.75) is 50.1 Å². The standard InChI is InChI=1S/C8H19NO6P2.4Na.H2O/c10-16(11,12)8(17(13,14)15)9-7-5-3-1-2-4-6-7;;;;;/h7-9H,1-6H2,(H2,10,11,12)(H2,13,14,15);;;;;1H2/q;4*+1;/p-4. The first kappa shape index (κ1) is 37.0. The Bertz CT molecular complexity index is 323. The van der Waals surface area contributed by atoms with Gasteiger partial charge in [-0.3, -0.25) is 0 Å². The molecule has 0 radical (unpaired) electrons. The van der Waals surface area contributed by atoms with Gasteiger partial charge in [0.1, 0.15) is 0 Å². The number of hydrogen-bond donors (Lipinski definition) is 1. The first-order valence-corrected chi connectivity index (χ1v) is 8.73. The van der Waals surface area contributed by atoms with Crippen molar-refractivity contribution in [2.75, 3.05) is 0 Å². The van der Waals surface area contributed by atoms with Crippen LogP contribution in [0.15, 0.2) is 0 Å². The summed E-state index contributed by atoms with van der Waals surface area (Å²) in [6.45, 7) is 0. The summed E-state index contributed by atoms with van der Waals surface area (Å²) < 4.78 is 21.6. The Morgan fingerprint density at radius 3 is 1.36 bits per heavy atom. The van der Waals surface area contributed by atoms with E-state index in [9.17, 15) is 28.7 Å². The largest absolute Gasteiger partial charge is 1.00 e. The van der Waals surface area contributed by atoms with Gasteiger partial charge in [0.15, 0.2) is 0 Å². The topological polar surface area (TPSA) is 170 Å². The van der Waals surface area contributed by atoms with E-state index >= 15 is 0 Å². The second-order valence-corrected chi connectivity index (χ2v) is 7.91. The predicted molar refractivity (Wildman–Crippen MR) is 57.2 cm³/mol. The fraction of sp³-hybridized carbons (Fsp3) is 1.00. The van der Waals surface area contributed by atoms with Crippen molar-refractivity contribution < 1.29 is 152 Å². The van der Waals surface area contributed by atoms with Crippen molar-refractivity contribution in [3.8, 4) is 0 Å². The maximum absolute atomic E-state index is 10.8. The Labute approximate surface area is 219 Å². The molecule has 0 unspecified atom stereocenters. The molecule has 0 bridgehead atoms. The summed E-state index contributed by atoms with van der Waals surface area (Å²) >= 11 is 0. The number of hydrogen-bond acceptors (Lipinski definition) is 7. The average molecular weight is 393 g/mol. The van der Waals surface area contributed by atoms with E-state index in [4.69, 9.17) is 0 Å². The monoisotopic (exact) mass is 393 g/mol. The zero-order valence-corrected chi connectivity index (χ0v) is 23.5. The van der Waals surface area contributed by atoms with Crippen LogP contribution in [0.25, 0.3) is 0 Å². The molecule has 1 aliphatic carbocycles. The molecule has 0 heterocycles. The van der Waals surface area contributed by atoms with E-state index < -0.39 is 26.8 Å². The Kier molecular flexibility index (Phi) is 29.2. The maximum atomic E-state index is 10.8.